The highest BCUT2D eigenvalue weighted by atomic mass is 35.5. The van der Waals surface area contributed by atoms with Crippen LogP contribution in [-0.2, 0) is 19.5 Å². The summed E-state index contributed by atoms with van der Waals surface area (Å²) < 4.78 is 13.3. The Bertz CT molecular complexity index is 558. The van der Waals surface area contributed by atoms with Gasteiger partial charge in [-0.1, -0.05) is 30.7 Å². The summed E-state index contributed by atoms with van der Waals surface area (Å²) in [6, 6.07) is 8.86. The number of nitrogens with one attached hydrogen (secondary N) is 1. The standard InChI is InChI=1S/C15H16ClFN2/c1-2-12-4-3-7-19-15(12)10-18-9-11-5-6-13(16)14(17)8-11/h3-8,18H,2,9-10H2,1H3. The lowest BCUT2D eigenvalue weighted by Gasteiger charge is -2.08. The van der Waals surface area contributed by atoms with Gasteiger partial charge in [0.25, 0.3) is 0 Å². The van der Waals surface area contributed by atoms with E-state index in [2.05, 4.69) is 23.3 Å². The first-order chi connectivity index (χ1) is 9.20. The molecule has 0 fully saturated rings. The van der Waals surface area contributed by atoms with E-state index in [4.69, 9.17) is 11.6 Å². The molecule has 2 nitrogen and oxygen atoms in total. The molecule has 2 rings (SSSR count). The molecule has 0 spiro atoms. The Morgan fingerprint density at radius 2 is 2.11 bits per heavy atom. The Morgan fingerprint density at radius 1 is 1.26 bits per heavy atom. The quantitative estimate of drug-likeness (QED) is 0.901. The summed E-state index contributed by atoms with van der Waals surface area (Å²) in [5.74, 6) is -0.381. The minimum Gasteiger partial charge on any atom is -0.307 e. The van der Waals surface area contributed by atoms with Crippen molar-refractivity contribution in [2.24, 2.45) is 0 Å². The molecule has 0 bridgehead atoms. The molecule has 1 heterocycles. The highest BCUT2D eigenvalue weighted by molar-refractivity contribution is 6.30. The number of hydrogen-bond donors (Lipinski definition) is 1. The third-order valence-corrected chi connectivity index (χ3v) is 3.28. The molecule has 4 heteroatoms. The molecule has 0 saturated carbocycles. The van der Waals surface area contributed by atoms with Crippen molar-refractivity contribution in [2.45, 2.75) is 26.4 Å². The molecule has 0 atom stereocenters. The summed E-state index contributed by atoms with van der Waals surface area (Å²) in [4.78, 5) is 4.35. The summed E-state index contributed by atoms with van der Waals surface area (Å²) in [5, 5.41) is 3.42. The molecule has 0 saturated heterocycles. The van der Waals surface area contributed by atoms with Crippen molar-refractivity contribution >= 4 is 11.6 Å². The molecule has 0 radical (unpaired) electrons. The summed E-state index contributed by atoms with van der Waals surface area (Å²) >= 11 is 5.64. The van der Waals surface area contributed by atoms with Gasteiger partial charge in [-0.25, -0.2) is 4.39 Å². The summed E-state index contributed by atoms with van der Waals surface area (Å²) in [6.45, 7) is 3.37. The van der Waals surface area contributed by atoms with Crippen LogP contribution < -0.4 is 5.32 Å². The average molecular weight is 279 g/mol. The van der Waals surface area contributed by atoms with Gasteiger partial charge < -0.3 is 5.32 Å². The Balaban J connectivity index is 1.94. The third kappa shape index (κ3) is 3.75. The van der Waals surface area contributed by atoms with Gasteiger partial charge in [0.15, 0.2) is 0 Å². The first kappa shape index (κ1) is 14.0. The first-order valence-electron chi connectivity index (χ1n) is 6.28. The smallest absolute Gasteiger partial charge is 0.142 e. The summed E-state index contributed by atoms with van der Waals surface area (Å²) in [5.41, 5.74) is 3.15. The third-order valence-electron chi connectivity index (χ3n) is 2.97. The number of halogens is 2. The normalized spacial score (nSPS) is 10.7. The highest BCUT2D eigenvalue weighted by Crippen LogP contribution is 2.15. The molecular weight excluding hydrogens is 263 g/mol. The minimum absolute atomic E-state index is 0.154. The van der Waals surface area contributed by atoms with E-state index in [0.717, 1.165) is 17.7 Å². The molecule has 2 aromatic rings. The lowest BCUT2D eigenvalue weighted by molar-refractivity contribution is 0.619. The van der Waals surface area contributed by atoms with Gasteiger partial charge in [-0.3, -0.25) is 4.98 Å². The fourth-order valence-electron chi connectivity index (χ4n) is 1.93. The lowest BCUT2D eigenvalue weighted by atomic mass is 10.1. The van der Waals surface area contributed by atoms with Crippen LogP contribution in [0, 0.1) is 5.82 Å². The van der Waals surface area contributed by atoms with Crippen LogP contribution >= 0.6 is 11.6 Å². The number of benzene rings is 1. The van der Waals surface area contributed by atoms with Crippen molar-refractivity contribution in [3.63, 3.8) is 0 Å². The predicted octanol–water partition coefficient (Wildman–Crippen LogP) is 3.73. The van der Waals surface area contributed by atoms with Crippen molar-refractivity contribution in [2.75, 3.05) is 0 Å². The van der Waals surface area contributed by atoms with Gasteiger partial charge in [0, 0.05) is 19.3 Å². The predicted molar refractivity (Wildman–Crippen MR) is 75.6 cm³/mol. The number of nitrogens with zero attached hydrogens (tertiary/aromatic N) is 1. The van der Waals surface area contributed by atoms with Gasteiger partial charge >= 0.3 is 0 Å². The second kappa shape index (κ2) is 6.64. The van der Waals surface area contributed by atoms with E-state index in [1.807, 2.05) is 12.1 Å². The molecule has 0 aliphatic heterocycles. The van der Waals surface area contributed by atoms with Gasteiger partial charge in [0.05, 0.1) is 10.7 Å². The van der Waals surface area contributed by atoms with Gasteiger partial charge in [0.1, 0.15) is 5.82 Å². The van der Waals surface area contributed by atoms with Gasteiger partial charge in [-0.2, -0.15) is 0 Å². The zero-order chi connectivity index (χ0) is 13.7. The largest absolute Gasteiger partial charge is 0.307 e. The maximum absolute atomic E-state index is 13.3. The van der Waals surface area contributed by atoms with Crippen molar-refractivity contribution in [3.8, 4) is 0 Å². The zero-order valence-corrected chi connectivity index (χ0v) is 11.5. The highest BCUT2D eigenvalue weighted by Gasteiger charge is 2.03. The van der Waals surface area contributed by atoms with Crippen LogP contribution in [0.25, 0.3) is 0 Å². The molecular formula is C15H16ClFN2. The van der Waals surface area contributed by atoms with E-state index in [1.54, 1.807) is 12.3 Å². The van der Waals surface area contributed by atoms with Crippen LogP contribution in [0.1, 0.15) is 23.7 Å². The van der Waals surface area contributed by atoms with Crippen LogP contribution in [0.4, 0.5) is 4.39 Å². The first-order valence-corrected chi connectivity index (χ1v) is 6.66. The van der Waals surface area contributed by atoms with Crippen molar-refractivity contribution < 1.29 is 4.39 Å². The van der Waals surface area contributed by atoms with E-state index in [0.29, 0.717) is 13.1 Å². The van der Waals surface area contributed by atoms with Gasteiger partial charge in [0.2, 0.25) is 0 Å². The van der Waals surface area contributed by atoms with Crippen LogP contribution in [0.2, 0.25) is 5.02 Å². The molecule has 1 N–H and O–H groups in total. The molecule has 0 unspecified atom stereocenters. The van der Waals surface area contributed by atoms with Crippen LogP contribution in [-0.4, -0.2) is 4.98 Å². The monoisotopic (exact) mass is 278 g/mol. The summed E-state index contributed by atoms with van der Waals surface area (Å²) in [7, 11) is 0. The van der Waals surface area contributed by atoms with E-state index in [-0.39, 0.29) is 10.8 Å². The second-order valence-corrected chi connectivity index (χ2v) is 4.72. The number of aryl methyl sites for hydroxylation is 1. The number of pyridine rings is 1. The Morgan fingerprint density at radius 3 is 2.84 bits per heavy atom. The SMILES string of the molecule is CCc1cccnc1CNCc1ccc(Cl)c(F)c1. The molecule has 100 valence electrons. The second-order valence-electron chi connectivity index (χ2n) is 4.31. The van der Waals surface area contributed by atoms with Crippen molar-refractivity contribution in [3.05, 3.63) is 64.2 Å². The minimum atomic E-state index is -0.381. The van der Waals surface area contributed by atoms with Crippen LogP contribution in [0.3, 0.4) is 0 Å². The maximum atomic E-state index is 13.3. The van der Waals surface area contributed by atoms with E-state index in [9.17, 15) is 4.39 Å². The lowest BCUT2D eigenvalue weighted by Crippen LogP contribution is -2.15. The molecule has 1 aromatic carbocycles. The topological polar surface area (TPSA) is 24.9 Å². The van der Waals surface area contributed by atoms with Crippen molar-refractivity contribution in [1.82, 2.24) is 10.3 Å². The molecule has 19 heavy (non-hydrogen) atoms. The molecule has 0 aliphatic rings. The fourth-order valence-corrected chi connectivity index (χ4v) is 2.04. The van der Waals surface area contributed by atoms with E-state index < -0.39 is 0 Å². The Labute approximate surface area is 117 Å². The van der Waals surface area contributed by atoms with Crippen LogP contribution in [0.15, 0.2) is 36.5 Å². The van der Waals surface area contributed by atoms with Gasteiger partial charge in [-0.05, 0) is 35.7 Å². The van der Waals surface area contributed by atoms with E-state index in [1.165, 1.54) is 11.6 Å². The summed E-state index contributed by atoms with van der Waals surface area (Å²) in [6.07, 6.45) is 2.75. The number of aromatic nitrogens is 1. The van der Waals surface area contributed by atoms with Crippen molar-refractivity contribution in [1.29, 1.82) is 0 Å². The maximum Gasteiger partial charge on any atom is 0.142 e. The Hall–Kier alpha value is -1.45. The number of rotatable bonds is 5. The van der Waals surface area contributed by atoms with Gasteiger partial charge in [-0.15, -0.1) is 0 Å². The molecule has 1 aromatic heterocycles. The molecule has 0 aliphatic carbocycles. The Kier molecular flexibility index (Phi) is 4.88. The zero-order valence-electron chi connectivity index (χ0n) is 10.8. The average Bonchev–Trinajstić information content (AvgIpc) is 2.43. The number of hydrogen-bond acceptors (Lipinski definition) is 2. The van der Waals surface area contributed by atoms with E-state index >= 15 is 0 Å². The molecule has 0 amide bonds. The fraction of sp³-hybridized carbons (Fsp3) is 0.267. The van der Waals surface area contributed by atoms with Crippen LogP contribution in [0.5, 0.6) is 0 Å².